The van der Waals surface area contributed by atoms with Crippen LogP contribution in [0.4, 0.5) is 4.79 Å². The van der Waals surface area contributed by atoms with Crippen molar-refractivity contribution in [2.24, 2.45) is 0 Å². The summed E-state index contributed by atoms with van der Waals surface area (Å²) in [6.07, 6.45) is 0. The first kappa shape index (κ1) is 14.8. The van der Waals surface area contributed by atoms with E-state index in [9.17, 15) is 9.59 Å². The number of nitrogens with one attached hydrogen (secondary N) is 1. The molecule has 0 aromatic carbocycles. The summed E-state index contributed by atoms with van der Waals surface area (Å²) in [5, 5.41) is 3.39. The lowest BCUT2D eigenvalue weighted by Gasteiger charge is -2.12. The molecule has 0 spiro atoms. The molecule has 0 bridgehead atoms. The Kier molecular flexibility index (Phi) is 4.59. The fourth-order valence-electron chi connectivity index (χ4n) is 1.82. The van der Waals surface area contributed by atoms with E-state index < -0.39 is 0 Å². The minimum atomic E-state index is -0.308. The summed E-state index contributed by atoms with van der Waals surface area (Å²) in [6, 6.07) is 1.55. The first-order valence-electron chi connectivity index (χ1n) is 6.54. The van der Waals surface area contributed by atoms with Crippen molar-refractivity contribution in [3.8, 4) is 0 Å². The van der Waals surface area contributed by atoms with Gasteiger partial charge in [0.1, 0.15) is 10.9 Å². The third-order valence-electron chi connectivity index (χ3n) is 2.87. The van der Waals surface area contributed by atoms with Gasteiger partial charge in [-0.25, -0.2) is 14.8 Å². The maximum absolute atomic E-state index is 11.9. The molecule has 0 atom stereocenters. The summed E-state index contributed by atoms with van der Waals surface area (Å²) in [7, 11) is 0. The average molecular weight is 294 g/mol. The van der Waals surface area contributed by atoms with Gasteiger partial charge in [0.15, 0.2) is 0 Å². The molecule has 1 N–H and O–H groups in total. The van der Waals surface area contributed by atoms with Gasteiger partial charge in [-0.3, -0.25) is 9.69 Å². The van der Waals surface area contributed by atoms with E-state index in [2.05, 4.69) is 15.3 Å². The number of hydrogen-bond donors (Lipinski definition) is 1. The molecule has 0 radical (unpaired) electrons. The fourth-order valence-corrected chi connectivity index (χ4v) is 2.66. The third kappa shape index (κ3) is 3.47. The molecule has 0 aliphatic carbocycles. The van der Waals surface area contributed by atoms with Crippen LogP contribution in [-0.2, 0) is 4.79 Å². The summed E-state index contributed by atoms with van der Waals surface area (Å²) in [6.45, 7) is 6.94. The van der Waals surface area contributed by atoms with Gasteiger partial charge in [-0.1, -0.05) is 25.6 Å². The molecular formula is C13H18N4O2S. The van der Waals surface area contributed by atoms with Crippen LogP contribution in [0.5, 0.6) is 0 Å². The van der Waals surface area contributed by atoms with Crippen LogP contribution in [0.1, 0.15) is 31.3 Å². The van der Waals surface area contributed by atoms with Crippen molar-refractivity contribution in [3.05, 3.63) is 17.6 Å². The molecule has 7 heteroatoms. The van der Waals surface area contributed by atoms with Gasteiger partial charge >= 0.3 is 6.03 Å². The largest absolute Gasteiger partial charge is 0.336 e. The molecule has 20 heavy (non-hydrogen) atoms. The van der Waals surface area contributed by atoms with Crippen LogP contribution in [0.2, 0.25) is 0 Å². The van der Waals surface area contributed by atoms with Crippen LogP contribution in [0.3, 0.4) is 0 Å². The Morgan fingerprint density at radius 1 is 1.50 bits per heavy atom. The lowest BCUT2D eigenvalue weighted by molar-refractivity contribution is -0.124. The number of urea groups is 1. The van der Waals surface area contributed by atoms with E-state index in [4.69, 9.17) is 0 Å². The number of carbonyl (C=O) groups is 2. The minimum Gasteiger partial charge on any atom is -0.336 e. The monoisotopic (exact) mass is 294 g/mol. The van der Waals surface area contributed by atoms with E-state index in [1.807, 2.05) is 26.8 Å². The summed E-state index contributed by atoms with van der Waals surface area (Å²) in [5.74, 6) is 1.04. The lowest BCUT2D eigenvalue weighted by atomic mass is 10.2. The number of nitrogens with zero attached hydrogens (tertiary/aromatic N) is 3. The molecule has 1 fully saturated rings. The summed E-state index contributed by atoms with van der Waals surface area (Å²) in [5.41, 5.74) is 0.887. The second kappa shape index (κ2) is 6.21. The number of aromatic nitrogens is 2. The van der Waals surface area contributed by atoms with Crippen LogP contribution in [0.25, 0.3) is 0 Å². The van der Waals surface area contributed by atoms with E-state index in [1.165, 1.54) is 16.7 Å². The Bertz CT molecular complexity index is 533. The Morgan fingerprint density at radius 3 is 2.85 bits per heavy atom. The molecule has 6 nitrogen and oxygen atoms in total. The van der Waals surface area contributed by atoms with Crippen LogP contribution < -0.4 is 5.32 Å². The smallest absolute Gasteiger partial charge is 0.324 e. The Morgan fingerprint density at radius 2 is 2.25 bits per heavy atom. The van der Waals surface area contributed by atoms with Crippen LogP contribution >= 0.6 is 11.8 Å². The quantitative estimate of drug-likeness (QED) is 0.673. The maximum atomic E-state index is 11.9. The number of aryl methyl sites for hydroxylation is 1. The van der Waals surface area contributed by atoms with Crippen molar-refractivity contribution >= 4 is 23.7 Å². The first-order chi connectivity index (χ1) is 9.47. The highest BCUT2D eigenvalue weighted by Gasteiger charge is 2.25. The van der Waals surface area contributed by atoms with Crippen molar-refractivity contribution < 1.29 is 9.59 Å². The number of rotatable bonds is 4. The summed E-state index contributed by atoms with van der Waals surface area (Å²) < 4.78 is 0. The van der Waals surface area contributed by atoms with Crippen molar-refractivity contribution in [1.82, 2.24) is 20.2 Å². The molecule has 1 aromatic rings. The average Bonchev–Trinajstić information content (AvgIpc) is 2.81. The standard InChI is InChI=1S/C13H18N4O2S/c1-8(2)12-15-9(3)6-10(16-12)20-7-11(18)17-5-4-14-13(17)19/h6,8H,4-5,7H2,1-3H3,(H,14,19). The van der Waals surface area contributed by atoms with Gasteiger partial charge in [-0.2, -0.15) is 0 Å². The van der Waals surface area contributed by atoms with Crippen molar-refractivity contribution in [1.29, 1.82) is 0 Å². The number of hydrogen-bond acceptors (Lipinski definition) is 5. The molecule has 0 saturated carbocycles. The normalized spacial score (nSPS) is 14.8. The highest BCUT2D eigenvalue weighted by Crippen LogP contribution is 2.20. The zero-order valence-corrected chi connectivity index (χ0v) is 12.7. The number of thioether (sulfide) groups is 1. The first-order valence-corrected chi connectivity index (χ1v) is 7.52. The van der Waals surface area contributed by atoms with Gasteiger partial charge in [-0.15, -0.1) is 0 Å². The molecule has 1 saturated heterocycles. The minimum absolute atomic E-state index is 0.188. The molecular weight excluding hydrogens is 276 g/mol. The van der Waals surface area contributed by atoms with Gasteiger partial charge < -0.3 is 5.32 Å². The Labute approximate surface area is 122 Å². The maximum Gasteiger partial charge on any atom is 0.324 e. The van der Waals surface area contributed by atoms with E-state index in [1.54, 1.807) is 0 Å². The second-order valence-electron chi connectivity index (χ2n) is 4.93. The Balaban J connectivity index is 2.00. The van der Waals surface area contributed by atoms with Crippen LogP contribution in [0.15, 0.2) is 11.1 Å². The summed E-state index contributed by atoms with van der Waals surface area (Å²) >= 11 is 1.34. The number of amides is 3. The molecule has 108 valence electrons. The van der Waals surface area contributed by atoms with Crippen molar-refractivity contribution in [3.63, 3.8) is 0 Å². The van der Waals surface area contributed by atoms with Crippen molar-refractivity contribution in [2.45, 2.75) is 31.7 Å². The van der Waals surface area contributed by atoms with Gasteiger partial charge in [-0.05, 0) is 13.0 Å². The van der Waals surface area contributed by atoms with E-state index in [-0.39, 0.29) is 23.6 Å². The predicted molar refractivity (Wildman–Crippen MR) is 76.7 cm³/mol. The van der Waals surface area contributed by atoms with E-state index in [0.717, 1.165) is 16.5 Å². The second-order valence-corrected chi connectivity index (χ2v) is 5.92. The van der Waals surface area contributed by atoms with Crippen LogP contribution in [0, 0.1) is 6.92 Å². The fraction of sp³-hybridized carbons (Fsp3) is 0.538. The zero-order valence-electron chi connectivity index (χ0n) is 11.8. The zero-order chi connectivity index (χ0) is 14.7. The highest BCUT2D eigenvalue weighted by atomic mass is 32.2. The van der Waals surface area contributed by atoms with Gasteiger partial charge in [0.05, 0.1) is 5.75 Å². The molecule has 1 aromatic heterocycles. The molecule has 2 rings (SSSR count). The highest BCUT2D eigenvalue weighted by molar-refractivity contribution is 7.99. The number of carbonyl (C=O) groups excluding carboxylic acids is 2. The molecule has 1 aliphatic heterocycles. The Hall–Kier alpha value is -1.63. The molecule has 3 amide bonds. The van der Waals surface area contributed by atoms with Gasteiger partial charge in [0, 0.05) is 24.7 Å². The van der Waals surface area contributed by atoms with Gasteiger partial charge in [0.25, 0.3) is 0 Å². The van der Waals surface area contributed by atoms with E-state index in [0.29, 0.717) is 13.1 Å². The third-order valence-corrected chi connectivity index (χ3v) is 3.76. The molecule has 1 aliphatic rings. The van der Waals surface area contributed by atoms with Crippen molar-refractivity contribution in [2.75, 3.05) is 18.8 Å². The van der Waals surface area contributed by atoms with Gasteiger partial charge in [0.2, 0.25) is 5.91 Å². The number of imide groups is 1. The molecule has 2 heterocycles. The van der Waals surface area contributed by atoms with Crippen LogP contribution in [-0.4, -0.2) is 45.6 Å². The predicted octanol–water partition coefficient (Wildman–Crippen LogP) is 1.55. The van der Waals surface area contributed by atoms with E-state index >= 15 is 0 Å². The lowest BCUT2D eigenvalue weighted by Crippen LogP contribution is -2.35. The summed E-state index contributed by atoms with van der Waals surface area (Å²) in [4.78, 5) is 33.4. The topological polar surface area (TPSA) is 75.2 Å². The SMILES string of the molecule is Cc1cc(SCC(=O)N2CCNC2=O)nc(C(C)C)n1. The molecule has 0 unspecified atom stereocenters.